The molecule has 0 bridgehead atoms. The average molecular weight is 264 g/mol. The van der Waals surface area contributed by atoms with Crippen LogP contribution in [0.1, 0.15) is 26.3 Å². The lowest BCUT2D eigenvalue weighted by atomic mass is 9.87. The van der Waals surface area contributed by atoms with Gasteiger partial charge in [0, 0.05) is 0 Å². The van der Waals surface area contributed by atoms with Crippen LogP contribution >= 0.6 is 0 Å². The van der Waals surface area contributed by atoms with Gasteiger partial charge in [-0.2, -0.15) is 0 Å². The molecule has 0 aliphatic carbocycles. The van der Waals surface area contributed by atoms with E-state index in [4.69, 9.17) is 4.74 Å². The predicted octanol–water partition coefficient (Wildman–Crippen LogP) is 2.42. The third kappa shape index (κ3) is 3.24. The number of carbonyl (C=O) groups is 2. The van der Waals surface area contributed by atoms with E-state index in [0.29, 0.717) is 5.75 Å². The SMILES string of the molecule is CC(C)(C)c1ccc(OC(=O)C2COC(=O)O2)cc1. The summed E-state index contributed by atoms with van der Waals surface area (Å²) in [5.74, 6) is -0.213. The minimum Gasteiger partial charge on any atom is -0.430 e. The van der Waals surface area contributed by atoms with E-state index in [-0.39, 0.29) is 12.0 Å². The molecular weight excluding hydrogens is 248 g/mol. The summed E-state index contributed by atoms with van der Waals surface area (Å²) in [6, 6.07) is 7.24. The maximum Gasteiger partial charge on any atom is 0.509 e. The zero-order valence-corrected chi connectivity index (χ0v) is 11.1. The molecule has 1 atom stereocenters. The fraction of sp³-hybridized carbons (Fsp3) is 0.429. The van der Waals surface area contributed by atoms with E-state index in [9.17, 15) is 9.59 Å². The summed E-state index contributed by atoms with van der Waals surface area (Å²) in [5.41, 5.74) is 1.18. The molecule has 2 rings (SSSR count). The Balaban J connectivity index is 2.00. The molecule has 0 N–H and O–H groups in total. The van der Waals surface area contributed by atoms with Crippen LogP contribution in [0, 0.1) is 0 Å². The normalized spacial score (nSPS) is 18.7. The molecule has 0 spiro atoms. The predicted molar refractivity (Wildman–Crippen MR) is 67.0 cm³/mol. The van der Waals surface area contributed by atoms with Crippen molar-refractivity contribution in [1.82, 2.24) is 0 Å². The number of hydrogen-bond donors (Lipinski definition) is 0. The lowest BCUT2D eigenvalue weighted by Gasteiger charge is -2.19. The third-order valence-electron chi connectivity index (χ3n) is 2.79. The van der Waals surface area contributed by atoms with Crippen molar-refractivity contribution in [3.8, 4) is 5.75 Å². The third-order valence-corrected chi connectivity index (χ3v) is 2.79. The number of cyclic esters (lactones) is 2. The van der Waals surface area contributed by atoms with Gasteiger partial charge in [-0.1, -0.05) is 32.9 Å². The van der Waals surface area contributed by atoms with E-state index in [1.165, 1.54) is 0 Å². The average Bonchev–Trinajstić information content (AvgIpc) is 2.75. The van der Waals surface area contributed by atoms with Crippen molar-refractivity contribution in [2.45, 2.75) is 32.3 Å². The van der Waals surface area contributed by atoms with Crippen molar-refractivity contribution in [3.63, 3.8) is 0 Å². The van der Waals surface area contributed by atoms with Crippen molar-refractivity contribution in [2.75, 3.05) is 6.61 Å². The van der Waals surface area contributed by atoms with Crippen molar-refractivity contribution in [1.29, 1.82) is 0 Å². The fourth-order valence-electron chi connectivity index (χ4n) is 1.65. The first-order valence-electron chi connectivity index (χ1n) is 6.02. The number of benzene rings is 1. The molecule has 0 radical (unpaired) electrons. The van der Waals surface area contributed by atoms with Gasteiger partial charge in [0.1, 0.15) is 12.4 Å². The van der Waals surface area contributed by atoms with E-state index >= 15 is 0 Å². The first-order chi connectivity index (χ1) is 8.86. The minimum atomic E-state index is -0.977. The summed E-state index contributed by atoms with van der Waals surface area (Å²) in [4.78, 5) is 22.4. The first-order valence-corrected chi connectivity index (χ1v) is 6.02. The highest BCUT2D eigenvalue weighted by atomic mass is 16.8. The molecule has 1 heterocycles. The highest BCUT2D eigenvalue weighted by Crippen LogP contribution is 2.24. The number of esters is 1. The number of ether oxygens (including phenoxy) is 3. The van der Waals surface area contributed by atoms with Crippen LogP contribution in [0.2, 0.25) is 0 Å². The second kappa shape index (κ2) is 4.91. The highest BCUT2D eigenvalue weighted by Gasteiger charge is 2.33. The molecule has 19 heavy (non-hydrogen) atoms. The zero-order valence-electron chi connectivity index (χ0n) is 11.1. The Hall–Kier alpha value is -2.04. The molecule has 1 aromatic carbocycles. The van der Waals surface area contributed by atoms with Crippen molar-refractivity contribution < 1.29 is 23.8 Å². The standard InChI is InChI=1S/C14H16O5/c1-14(2,3)9-4-6-10(7-5-9)18-12(15)11-8-17-13(16)19-11/h4-7,11H,8H2,1-3H3. The maximum absolute atomic E-state index is 11.7. The van der Waals surface area contributed by atoms with E-state index in [0.717, 1.165) is 5.56 Å². The smallest absolute Gasteiger partial charge is 0.430 e. The molecule has 102 valence electrons. The van der Waals surface area contributed by atoms with E-state index in [1.807, 2.05) is 12.1 Å². The Morgan fingerprint density at radius 3 is 2.37 bits per heavy atom. The molecule has 5 heteroatoms. The van der Waals surface area contributed by atoms with Gasteiger partial charge in [0.05, 0.1) is 0 Å². The number of hydrogen-bond acceptors (Lipinski definition) is 5. The largest absolute Gasteiger partial charge is 0.509 e. The van der Waals surface area contributed by atoms with Crippen LogP contribution in [0.5, 0.6) is 5.75 Å². The van der Waals surface area contributed by atoms with Crippen molar-refractivity contribution in [2.24, 2.45) is 0 Å². The molecule has 5 nitrogen and oxygen atoms in total. The van der Waals surface area contributed by atoms with Gasteiger partial charge in [-0.15, -0.1) is 0 Å². The lowest BCUT2D eigenvalue weighted by Crippen LogP contribution is -2.27. The van der Waals surface area contributed by atoms with Gasteiger partial charge in [0.2, 0.25) is 6.10 Å². The van der Waals surface area contributed by atoms with Crippen LogP contribution in [0.15, 0.2) is 24.3 Å². The number of carbonyl (C=O) groups excluding carboxylic acids is 2. The molecule has 1 fully saturated rings. The Bertz CT molecular complexity index is 484. The van der Waals surface area contributed by atoms with Gasteiger partial charge >= 0.3 is 12.1 Å². The molecule has 0 aromatic heterocycles. The Labute approximate surface area is 111 Å². The second-order valence-corrected chi connectivity index (χ2v) is 5.36. The molecule has 0 saturated carbocycles. The fourth-order valence-corrected chi connectivity index (χ4v) is 1.65. The molecule has 1 unspecified atom stereocenters. The van der Waals surface area contributed by atoms with E-state index < -0.39 is 18.2 Å². The van der Waals surface area contributed by atoms with Crippen LogP contribution in [-0.2, 0) is 19.7 Å². The topological polar surface area (TPSA) is 61.8 Å². The first kappa shape index (κ1) is 13.4. The quantitative estimate of drug-likeness (QED) is 0.606. The summed E-state index contributed by atoms with van der Waals surface area (Å²) in [6.07, 6.45) is -1.82. The molecule has 1 aromatic rings. The summed E-state index contributed by atoms with van der Waals surface area (Å²) >= 11 is 0. The van der Waals surface area contributed by atoms with Gasteiger partial charge < -0.3 is 14.2 Å². The van der Waals surface area contributed by atoms with Crippen LogP contribution in [-0.4, -0.2) is 24.8 Å². The van der Waals surface area contributed by atoms with Crippen LogP contribution in [0.3, 0.4) is 0 Å². The van der Waals surface area contributed by atoms with Gasteiger partial charge in [0.25, 0.3) is 0 Å². The lowest BCUT2D eigenvalue weighted by molar-refractivity contribution is -0.142. The Morgan fingerprint density at radius 1 is 1.26 bits per heavy atom. The molecule has 1 saturated heterocycles. The monoisotopic (exact) mass is 264 g/mol. The summed E-state index contributed by atoms with van der Waals surface area (Å²) in [6.45, 7) is 6.20. The Morgan fingerprint density at radius 2 is 1.89 bits per heavy atom. The van der Waals surface area contributed by atoms with Crippen molar-refractivity contribution in [3.05, 3.63) is 29.8 Å². The number of rotatable bonds is 2. The van der Waals surface area contributed by atoms with Gasteiger partial charge in [-0.25, -0.2) is 9.59 Å². The minimum absolute atomic E-state index is 0.0390. The summed E-state index contributed by atoms with van der Waals surface area (Å²) < 4.78 is 14.3. The van der Waals surface area contributed by atoms with Gasteiger partial charge in [-0.3, -0.25) is 0 Å². The summed E-state index contributed by atoms with van der Waals surface area (Å²) in [7, 11) is 0. The molecule has 1 aliphatic rings. The zero-order chi connectivity index (χ0) is 14.0. The maximum atomic E-state index is 11.7. The van der Waals surface area contributed by atoms with E-state index in [2.05, 4.69) is 30.2 Å². The Kier molecular flexibility index (Phi) is 3.46. The molecular formula is C14H16O5. The second-order valence-electron chi connectivity index (χ2n) is 5.36. The summed E-state index contributed by atoms with van der Waals surface area (Å²) in [5, 5.41) is 0. The van der Waals surface area contributed by atoms with E-state index in [1.54, 1.807) is 12.1 Å². The van der Waals surface area contributed by atoms with Crippen LogP contribution < -0.4 is 4.74 Å². The molecule has 1 aliphatic heterocycles. The van der Waals surface area contributed by atoms with Crippen molar-refractivity contribution >= 4 is 12.1 Å². The van der Waals surface area contributed by atoms with Gasteiger partial charge in [-0.05, 0) is 23.1 Å². The van der Waals surface area contributed by atoms with Crippen LogP contribution in [0.25, 0.3) is 0 Å². The van der Waals surface area contributed by atoms with Crippen LogP contribution in [0.4, 0.5) is 4.79 Å². The highest BCUT2D eigenvalue weighted by molar-refractivity contribution is 5.81. The van der Waals surface area contributed by atoms with Gasteiger partial charge in [0.15, 0.2) is 0 Å². The molecule has 0 amide bonds.